The summed E-state index contributed by atoms with van der Waals surface area (Å²) in [7, 11) is 1.79. The average Bonchev–Trinajstić information content (AvgIpc) is 2.51. The van der Waals surface area contributed by atoms with Crippen molar-refractivity contribution in [3.05, 3.63) is 47.4 Å². The van der Waals surface area contributed by atoms with Crippen molar-refractivity contribution < 1.29 is 4.79 Å². The second-order valence-electron chi connectivity index (χ2n) is 5.87. The quantitative estimate of drug-likeness (QED) is 0.883. The summed E-state index contributed by atoms with van der Waals surface area (Å²) < 4.78 is 0. The molecule has 0 aliphatic carbocycles. The van der Waals surface area contributed by atoms with Crippen molar-refractivity contribution in [3.8, 4) is 0 Å². The van der Waals surface area contributed by atoms with Crippen molar-refractivity contribution in [2.45, 2.75) is 33.6 Å². The fraction of sp³-hybridized carbons (Fsp3) is 0.389. The van der Waals surface area contributed by atoms with Crippen LogP contribution < -0.4 is 5.32 Å². The molecule has 122 valence electrons. The summed E-state index contributed by atoms with van der Waals surface area (Å²) in [5, 5.41) is 3.22. The lowest BCUT2D eigenvalue weighted by Crippen LogP contribution is -2.28. The first-order chi connectivity index (χ1) is 11.0. The molecule has 0 aliphatic heterocycles. The maximum Gasteiger partial charge on any atom is 0.273 e. The molecule has 1 amide bonds. The van der Waals surface area contributed by atoms with Gasteiger partial charge in [0.1, 0.15) is 11.5 Å². The van der Waals surface area contributed by atoms with Crippen LogP contribution in [0.5, 0.6) is 0 Å². The highest BCUT2D eigenvalue weighted by atomic mass is 16.2. The second-order valence-corrected chi connectivity index (χ2v) is 5.87. The SMILES string of the molecule is CCCCN(C)C(=O)c1cnc(Nc2cc(C)cc(C)c2)cn1. The van der Waals surface area contributed by atoms with E-state index < -0.39 is 0 Å². The van der Waals surface area contributed by atoms with Gasteiger partial charge >= 0.3 is 0 Å². The molecular weight excluding hydrogens is 288 g/mol. The van der Waals surface area contributed by atoms with Gasteiger partial charge in [-0.05, 0) is 43.5 Å². The van der Waals surface area contributed by atoms with Gasteiger partial charge in [0.15, 0.2) is 0 Å². The summed E-state index contributed by atoms with van der Waals surface area (Å²) in [6, 6.07) is 6.21. The van der Waals surface area contributed by atoms with E-state index in [1.54, 1.807) is 18.1 Å². The largest absolute Gasteiger partial charge is 0.340 e. The lowest BCUT2D eigenvalue weighted by molar-refractivity contribution is 0.0787. The number of rotatable bonds is 6. The van der Waals surface area contributed by atoms with Crippen molar-refractivity contribution in [1.29, 1.82) is 0 Å². The molecule has 0 saturated carbocycles. The Morgan fingerprint density at radius 3 is 2.39 bits per heavy atom. The number of hydrogen-bond donors (Lipinski definition) is 1. The third-order valence-electron chi connectivity index (χ3n) is 3.56. The zero-order chi connectivity index (χ0) is 16.8. The van der Waals surface area contributed by atoms with Crippen LogP contribution in [0.3, 0.4) is 0 Å². The topological polar surface area (TPSA) is 58.1 Å². The minimum atomic E-state index is -0.0936. The van der Waals surface area contributed by atoms with E-state index in [4.69, 9.17) is 0 Å². The number of anilines is 2. The molecule has 1 aromatic heterocycles. The molecule has 5 heteroatoms. The van der Waals surface area contributed by atoms with Crippen molar-refractivity contribution in [3.63, 3.8) is 0 Å². The highest BCUT2D eigenvalue weighted by molar-refractivity contribution is 5.91. The van der Waals surface area contributed by atoms with E-state index in [9.17, 15) is 4.79 Å². The molecular formula is C18H24N4O. The molecule has 0 fully saturated rings. The minimum Gasteiger partial charge on any atom is -0.340 e. The lowest BCUT2D eigenvalue weighted by Gasteiger charge is -2.16. The number of carbonyl (C=O) groups is 1. The molecule has 0 spiro atoms. The zero-order valence-corrected chi connectivity index (χ0v) is 14.3. The van der Waals surface area contributed by atoms with Crippen molar-refractivity contribution >= 4 is 17.4 Å². The van der Waals surface area contributed by atoms with Gasteiger partial charge in [-0.2, -0.15) is 0 Å². The standard InChI is InChI=1S/C18H24N4O/c1-5-6-7-22(4)18(23)16-11-20-17(12-19-16)21-15-9-13(2)8-14(3)10-15/h8-12H,5-7H2,1-4H3,(H,20,21). The average molecular weight is 312 g/mol. The number of nitrogens with one attached hydrogen (secondary N) is 1. The van der Waals surface area contributed by atoms with Crippen LogP contribution in [0.2, 0.25) is 0 Å². The van der Waals surface area contributed by atoms with E-state index in [0.717, 1.165) is 25.1 Å². The van der Waals surface area contributed by atoms with E-state index in [1.807, 2.05) is 12.1 Å². The van der Waals surface area contributed by atoms with Gasteiger partial charge in [-0.1, -0.05) is 19.4 Å². The molecule has 0 saturated heterocycles. The van der Waals surface area contributed by atoms with Crippen LogP contribution in [-0.4, -0.2) is 34.4 Å². The van der Waals surface area contributed by atoms with Crippen LogP contribution in [-0.2, 0) is 0 Å². The van der Waals surface area contributed by atoms with Crippen LogP contribution in [0, 0.1) is 13.8 Å². The molecule has 0 unspecified atom stereocenters. The molecule has 1 heterocycles. The van der Waals surface area contributed by atoms with Crippen molar-refractivity contribution in [2.24, 2.45) is 0 Å². The second kappa shape index (κ2) is 7.72. The summed E-state index contributed by atoms with van der Waals surface area (Å²) in [5.74, 6) is 0.534. The van der Waals surface area contributed by atoms with Gasteiger partial charge in [-0.3, -0.25) is 4.79 Å². The third-order valence-corrected chi connectivity index (χ3v) is 3.56. The van der Waals surface area contributed by atoms with Crippen LogP contribution in [0.15, 0.2) is 30.6 Å². The van der Waals surface area contributed by atoms with Crippen LogP contribution in [0.4, 0.5) is 11.5 Å². The summed E-state index contributed by atoms with van der Waals surface area (Å²) in [5.41, 5.74) is 3.71. The molecule has 0 bridgehead atoms. The van der Waals surface area contributed by atoms with Gasteiger partial charge in [0.2, 0.25) is 0 Å². The van der Waals surface area contributed by atoms with Gasteiger partial charge in [-0.25, -0.2) is 9.97 Å². The smallest absolute Gasteiger partial charge is 0.273 e. The molecule has 2 aromatic rings. The normalized spacial score (nSPS) is 10.4. The number of hydrogen-bond acceptors (Lipinski definition) is 4. The van der Waals surface area contributed by atoms with E-state index >= 15 is 0 Å². The summed E-state index contributed by atoms with van der Waals surface area (Å²) >= 11 is 0. The number of benzene rings is 1. The van der Waals surface area contributed by atoms with E-state index in [0.29, 0.717) is 11.5 Å². The lowest BCUT2D eigenvalue weighted by atomic mass is 10.1. The first kappa shape index (κ1) is 16.9. The van der Waals surface area contributed by atoms with Gasteiger partial charge in [0.05, 0.1) is 12.4 Å². The zero-order valence-electron chi connectivity index (χ0n) is 14.3. The van der Waals surface area contributed by atoms with Gasteiger partial charge in [-0.15, -0.1) is 0 Å². The molecule has 23 heavy (non-hydrogen) atoms. The fourth-order valence-electron chi connectivity index (χ4n) is 2.39. The predicted octanol–water partition coefficient (Wildman–Crippen LogP) is 3.71. The Kier molecular flexibility index (Phi) is 5.68. The van der Waals surface area contributed by atoms with E-state index in [2.05, 4.69) is 42.1 Å². The maximum atomic E-state index is 12.2. The minimum absolute atomic E-state index is 0.0936. The van der Waals surface area contributed by atoms with Crippen LogP contribution in [0.25, 0.3) is 0 Å². The number of aryl methyl sites for hydroxylation is 2. The number of aromatic nitrogens is 2. The first-order valence-electron chi connectivity index (χ1n) is 7.92. The Morgan fingerprint density at radius 2 is 1.83 bits per heavy atom. The Labute approximate surface area is 137 Å². The fourth-order valence-corrected chi connectivity index (χ4v) is 2.39. The Hall–Kier alpha value is -2.43. The number of amides is 1. The highest BCUT2D eigenvalue weighted by Gasteiger charge is 2.13. The molecule has 1 N–H and O–H groups in total. The first-order valence-corrected chi connectivity index (χ1v) is 7.92. The van der Waals surface area contributed by atoms with Crippen LogP contribution in [0.1, 0.15) is 41.4 Å². The van der Waals surface area contributed by atoms with Gasteiger partial charge < -0.3 is 10.2 Å². The number of carbonyl (C=O) groups excluding carboxylic acids is 1. The van der Waals surface area contributed by atoms with Crippen molar-refractivity contribution in [1.82, 2.24) is 14.9 Å². The van der Waals surface area contributed by atoms with E-state index in [1.165, 1.54) is 17.3 Å². The van der Waals surface area contributed by atoms with Crippen molar-refractivity contribution in [2.75, 3.05) is 18.9 Å². The third kappa shape index (κ3) is 4.77. The molecule has 0 aliphatic rings. The summed E-state index contributed by atoms with van der Waals surface area (Å²) in [6.07, 6.45) is 5.17. The molecule has 0 radical (unpaired) electrons. The molecule has 2 rings (SSSR count). The maximum absolute atomic E-state index is 12.2. The number of unbranched alkanes of at least 4 members (excludes halogenated alkanes) is 1. The summed E-state index contributed by atoms with van der Waals surface area (Å²) in [6.45, 7) is 6.95. The van der Waals surface area contributed by atoms with Crippen LogP contribution >= 0.6 is 0 Å². The van der Waals surface area contributed by atoms with Gasteiger partial charge in [0, 0.05) is 19.3 Å². The highest BCUT2D eigenvalue weighted by Crippen LogP contribution is 2.17. The summed E-state index contributed by atoms with van der Waals surface area (Å²) in [4.78, 5) is 22.4. The Bertz CT molecular complexity index is 647. The molecule has 5 nitrogen and oxygen atoms in total. The molecule has 1 aromatic carbocycles. The Morgan fingerprint density at radius 1 is 1.13 bits per heavy atom. The Balaban J connectivity index is 2.05. The van der Waals surface area contributed by atoms with Gasteiger partial charge in [0.25, 0.3) is 5.91 Å². The number of nitrogens with zero attached hydrogens (tertiary/aromatic N) is 3. The predicted molar refractivity (Wildman–Crippen MR) is 93.1 cm³/mol. The van der Waals surface area contributed by atoms with E-state index in [-0.39, 0.29) is 5.91 Å². The molecule has 0 atom stereocenters. The monoisotopic (exact) mass is 312 g/mol.